The van der Waals surface area contributed by atoms with Gasteiger partial charge in [-0.3, -0.25) is 9.36 Å². The van der Waals surface area contributed by atoms with Crippen molar-refractivity contribution in [3.63, 3.8) is 0 Å². The van der Waals surface area contributed by atoms with Crippen molar-refractivity contribution in [2.45, 2.75) is 25.5 Å². The van der Waals surface area contributed by atoms with Crippen LogP contribution in [0.1, 0.15) is 16.7 Å². The fourth-order valence-electron chi connectivity index (χ4n) is 2.39. The molecule has 1 aromatic heterocycles. The van der Waals surface area contributed by atoms with Crippen LogP contribution in [0.2, 0.25) is 0 Å². The number of hydrogen-bond acceptors (Lipinski definition) is 4. The van der Waals surface area contributed by atoms with Gasteiger partial charge in [-0.2, -0.15) is 0 Å². The first-order chi connectivity index (χ1) is 12.5. The molecule has 0 radical (unpaired) electrons. The quantitative estimate of drug-likeness (QED) is 0.676. The van der Waals surface area contributed by atoms with Gasteiger partial charge in [-0.1, -0.05) is 36.0 Å². The number of halogens is 1. The molecule has 3 rings (SSSR count). The van der Waals surface area contributed by atoms with Crippen molar-refractivity contribution in [2.24, 2.45) is 0 Å². The Kier molecular flexibility index (Phi) is 5.68. The Morgan fingerprint density at radius 3 is 2.77 bits per heavy atom. The van der Waals surface area contributed by atoms with E-state index in [1.165, 1.54) is 29.0 Å². The maximum absolute atomic E-state index is 13.6. The second kappa shape index (κ2) is 8.14. The molecule has 1 heterocycles. The van der Waals surface area contributed by atoms with Gasteiger partial charge >= 0.3 is 0 Å². The predicted molar refractivity (Wildman–Crippen MR) is 99.8 cm³/mol. The Morgan fingerprint density at radius 2 is 2.00 bits per heavy atom. The largest absolute Gasteiger partial charge is 0.351 e. The van der Waals surface area contributed by atoms with Crippen molar-refractivity contribution in [2.75, 3.05) is 5.75 Å². The van der Waals surface area contributed by atoms with E-state index in [0.717, 1.165) is 5.69 Å². The lowest BCUT2D eigenvalue weighted by Gasteiger charge is -2.09. The molecular weight excluding hydrogens is 351 g/mol. The summed E-state index contributed by atoms with van der Waals surface area (Å²) in [4.78, 5) is 12.1. The maximum Gasteiger partial charge on any atom is 0.230 e. The Balaban J connectivity index is 1.60. The molecule has 3 aromatic rings. The Hall–Kier alpha value is -2.67. The lowest BCUT2D eigenvalue weighted by atomic mass is 10.1. The van der Waals surface area contributed by atoms with Gasteiger partial charge in [0, 0.05) is 17.8 Å². The van der Waals surface area contributed by atoms with Gasteiger partial charge in [0.15, 0.2) is 5.16 Å². The van der Waals surface area contributed by atoms with Crippen molar-refractivity contribution < 1.29 is 9.18 Å². The van der Waals surface area contributed by atoms with E-state index in [9.17, 15) is 9.18 Å². The molecule has 0 bridgehead atoms. The van der Waals surface area contributed by atoms with Gasteiger partial charge in [0.25, 0.3) is 0 Å². The third-order valence-corrected chi connectivity index (χ3v) is 4.99. The number of amides is 1. The van der Waals surface area contributed by atoms with E-state index < -0.39 is 0 Å². The molecule has 26 heavy (non-hydrogen) atoms. The molecule has 0 fully saturated rings. The van der Waals surface area contributed by atoms with Crippen LogP contribution >= 0.6 is 11.8 Å². The van der Waals surface area contributed by atoms with Crippen molar-refractivity contribution in [3.05, 3.63) is 71.3 Å². The fourth-order valence-corrected chi connectivity index (χ4v) is 3.15. The van der Waals surface area contributed by atoms with E-state index >= 15 is 0 Å². The molecule has 0 aliphatic rings. The van der Waals surface area contributed by atoms with Gasteiger partial charge < -0.3 is 5.32 Å². The van der Waals surface area contributed by atoms with Crippen LogP contribution in [0.4, 0.5) is 4.39 Å². The fraction of sp³-hybridized carbons (Fsp3) is 0.211. The van der Waals surface area contributed by atoms with Gasteiger partial charge in [0.05, 0.1) is 5.75 Å². The molecular formula is C19H19FN4OS. The minimum absolute atomic E-state index is 0.163. The van der Waals surface area contributed by atoms with Gasteiger partial charge in [-0.25, -0.2) is 4.39 Å². The molecule has 0 saturated carbocycles. The number of nitrogens with one attached hydrogen (secondary N) is 1. The number of aryl methyl sites for hydroxylation is 2. The highest BCUT2D eigenvalue weighted by molar-refractivity contribution is 7.99. The minimum Gasteiger partial charge on any atom is -0.351 e. The Labute approximate surface area is 155 Å². The van der Waals surface area contributed by atoms with E-state index in [1.54, 1.807) is 24.5 Å². The standard InChI is InChI=1S/C19H19FN4OS/c1-13-7-8-16(9-14(13)2)24-12-22-23-19(24)26-11-18(25)21-10-15-5-3-4-6-17(15)20/h3-9,12H,10-11H2,1-2H3,(H,21,25). The summed E-state index contributed by atoms with van der Waals surface area (Å²) in [5.74, 6) is -0.333. The summed E-state index contributed by atoms with van der Waals surface area (Å²) in [7, 11) is 0. The first-order valence-corrected chi connectivity index (χ1v) is 9.13. The Bertz CT molecular complexity index is 925. The third-order valence-electron chi connectivity index (χ3n) is 4.05. The summed E-state index contributed by atoms with van der Waals surface area (Å²) in [6.45, 7) is 4.27. The van der Waals surface area contributed by atoms with Crippen LogP contribution in [0.5, 0.6) is 0 Å². The van der Waals surface area contributed by atoms with E-state index in [-0.39, 0.29) is 24.0 Å². The average molecular weight is 370 g/mol. The lowest BCUT2D eigenvalue weighted by molar-refractivity contribution is -0.118. The number of thioether (sulfide) groups is 1. The van der Waals surface area contributed by atoms with E-state index in [1.807, 2.05) is 23.6 Å². The SMILES string of the molecule is Cc1ccc(-n2cnnc2SCC(=O)NCc2ccccc2F)cc1C. The minimum atomic E-state index is -0.324. The average Bonchev–Trinajstić information content (AvgIpc) is 3.10. The highest BCUT2D eigenvalue weighted by atomic mass is 32.2. The van der Waals surface area contributed by atoms with Crippen LogP contribution in [-0.4, -0.2) is 26.4 Å². The number of carbonyl (C=O) groups excluding carboxylic acids is 1. The number of rotatable bonds is 6. The molecule has 0 saturated heterocycles. The van der Waals surface area contributed by atoms with E-state index in [4.69, 9.17) is 0 Å². The van der Waals surface area contributed by atoms with Gasteiger partial charge in [0.1, 0.15) is 12.1 Å². The number of carbonyl (C=O) groups is 1. The smallest absolute Gasteiger partial charge is 0.230 e. The number of hydrogen-bond donors (Lipinski definition) is 1. The molecule has 0 spiro atoms. The van der Waals surface area contributed by atoms with Crippen LogP contribution in [0, 0.1) is 19.7 Å². The monoisotopic (exact) mass is 370 g/mol. The lowest BCUT2D eigenvalue weighted by Crippen LogP contribution is -2.25. The van der Waals surface area contributed by atoms with Gasteiger partial charge in [0.2, 0.25) is 5.91 Å². The zero-order valence-electron chi connectivity index (χ0n) is 14.6. The first-order valence-electron chi connectivity index (χ1n) is 8.15. The summed E-state index contributed by atoms with van der Waals surface area (Å²) in [6, 6.07) is 12.5. The van der Waals surface area contributed by atoms with Crippen LogP contribution in [0.15, 0.2) is 53.9 Å². The molecule has 0 atom stereocenters. The summed E-state index contributed by atoms with van der Waals surface area (Å²) >= 11 is 1.29. The second-order valence-corrected chi connectivity index (χ2v) is 6.85. The van der Waals surface area contributed by atoms with Gasteiger partial charge in [-0.05, 0) is 43.2 Å². The van der Waals surface area contributed by atoms with Crippen molar-refractivity contribution in [1.29, 1.82) is 0 Å². The first kappa shape index (κ1) is 18.1. The number of benzene rings is 2. The Morgan fingerprint density at radius 1 is 1.19 bits per heavy atom. The highest BCUT2D eigenvalue weighted by Crippen LogP contribution is 2.21. The number of aromatic nitrogens is 3. The highest BCUT2D eigenvalue weighted by Gasteiger charge is 2.11. The second-order valence-electron chi connectivity index (χ2n) is 5.91. The summed E-state index contributed by atoms with van der Waals surface area (Å²) in [5, 5.41) is 11.4. The molecule has 2 aromatic carbocycles. The molecule has 134 valence electrons. The van der Waals surface area contributed by atoms with Gasteiger partial charge in [-0.15, -0.1) is 10.2 Å². The molecule has 0 aliphatic heterocycles. The van der Waals surface area contributed by atoms with E-state index in [0.29, 0.717) is 10.7 Å². The summed E-state index contributed by atoms with van der Waals surface area (Å²) in [6.07, 6.45) is 1.63. The molecule has 1 amide bonds. The molecule has 1 N–H and O–H groups in total. The number of nitrogens with zero attached hydrogens (tertiary/aromatic N) is 3. The summed E-state index contributed by atoms with van der Waals surface area (Å²) in [5.41, 5.74) is 3.80. The van der Waals surface area contributed by atoms with Crippen molar-refractivity contribution in [3.8, 4) is 5.69 Å². The maximum atomic E-state index is 13.6. The van der Waals surface area contributed by atoms with Crippen molar-refractivity contribution in [1.82, 2.24) is 20.1 Å². The topological polar surface area (TPSA) is 59.8 Å². The van der Waals surface area contributed by atoms with Crippen molar-refractivity contribution >= 4 is 17.7 Å². The zero-order valence-corrected chi connectivity index (χ0v) is 15.4. The van der Waals surface area contributed by atoms with Crippen LogP contribution < -0.4 is 5.32 Å². The molecule has 5 nitrogen and oxygen atoms in total. The molecule has 0 aliphatic carbocycles. The third kappa shape index (κ3) is 4.29. The van der Waals surface area contributed by atoms with Crippen LogP contribution in [-0.2, 0) is 11.3 Å². The van der Waals surface area contributed by atoms with E-state index in [2.05, 4.69) is 28.5 Å². The predicted octanol–water partition coefficient (Wildman–Crippen LogP) is 3.43. The van der Waals surface area contributed by atoms with Crippen LogP contribution in [0.3, 0.4) is 0 Å². The zero-order chi connectivity index (χ0) is 18.5. The van der Waals surface area contributed by atoms with Crippen LogP contribution in [0.25, 0.3) is 5.69 Å². The normalized spacial score (nSPS) is 10.7. The molecule has 0 unspecified atom stereocenters. The summed E-state index contributed by atoms with van der Waals surface area (Å²) < 4.78 is 15.4. The molecule has 7 heteroatoms.